The molecule has 2 aromatic rings. The number of nitrogens with zero attached hydrogens (tertiary/aromatic N) is 1. The van der Waals surface area contributed by atoms with E-state index in [0.717, 1.165) is 0 Å². The van der Waals surface area contributed by atoms with Crippen LogP contribution in [0.5, 0.6) is 5.75 Å². The average Bonchev–Trinajstić information content (AvgIpc) is 3.11. The van der Waals surface area contributed by atoms with Gasteiger partial charge in [0.25, 0.3) is 11.8 Å². The Bertz CT molecular complexity index is 1300. The Balaban J connectivity index is 1.42. The van der Waals surface area contributed by atoms with E-state index in [0.29, 0.717) is 23.3 Å². The van der Waals surface area contributed by atoms with E-state index in [1.165, 1.54) is 23.1 Å². The maximum absolute atomic E-state index is 14.5. The van der Waals surface area contributed by atoms with Crippen LogP contribution in [0.15, 0.2) is 36.4 Å². The number of nitrogens with one attached hydrogen (secondary N) is 2. The van der Waals surface area contributed by atoms with E-state index >= 15 is 0 Å². The van der Waals surface area contributed by atoms with Crippen LogP contribution in [0.25, 0.3) is 0 Å². The topological polar surface area (TPSA) is 105 Å². The lowest BCUT2D eigenvalue weighted by Crippen LogP contribution is -2.52. The highest BCUT2D eigenvalue weighted by molar-refractivity contribution is 6.05. The maximum atomic E-state index is 14.5. The van der Waals surface area contributed by atoms with Gasteiger partial charge in [0.2, 0.25) is 11.8 Å². The smallest absolute Gasteiger partial charge is 0.406 e. The van der Waals surface area contributed by atoms with E-state index in [-0.39, 0.29) is 31.0 Å². The second-order valence-electron chi connectivity index (χ2n) is 8.34. The fourth-order valence-corrected chi connectivity index (χ4v) is 4.10. The number of carbonyl (C=O) groups is 4. The Morgan fingerprint density at radius 3 is 2.46 bits per heavy atom. The lowest BCUT2D eigenvalue weighted by molar-refractivity contribution is -0.274. The predicted octanol–water partition coefficient (Wildman–Crippen LogP) is 2.89. The molecule has 0 radical (unpaired) electrons. The van der Waals surface area contributed by atoms with E-state index in [9.17, 15) is 45.5 Å². The zero-order valence-electron chi connectivity index (χ0n) is 18.6. The van der Waals surface area contributed by atoms with Crippen molar-refractivity contribution in [2.75, 3.05) is 0 Å². The minimum Gasteiger partial charge on any atom is -0.406 e. The molecule has 2 aliphatic rings. The van der Waals surface area contributed by atoms with Crippen LogP contribution in [0.4, 0.5) is 26.3 Å². The molecule has 1 saturated heterocycles. The van der Waals surface area contributed by atoms with Crippen molar-refractivity contribution in [1.82, 2.24) is 15.5 Å². The van der Waals surface area contributed by atoms with E-state index in [2.05, 4.69) is 10.1 Å². The number of halogens is 6. The Morgan fingerprint density at radius 2 is 1.81 bits per heavy atom. The first kappa shape index (κ1) is 26.0. The Hall–Kier alpha value is -4.10. The summed E-state index contributed by atoms with van der Waals surface area (Å²) in [5.74, 6) is -10.6. The highest BCUT2D eigenvalue weighted by Gasteiger charge is 2.44. The monoisotopic (exact) mass is 529 g/mol. The molecule has 8 nitrogen and oxygen atoms in total. The average molecular weight is 529 g/mol. The molecule has 0 aromatic heterocycles. The number of carbonyl (C=O) groups excluding carboxylic acids is 4. The lowest BCUT2D eigenvalue weighted by Gasteiger charge is -2.29. The molecule has 0 spiro atoms. The van der Waals surface area contributed by atoms with Crippen LogP contribution in [-0.2, 0) is 33.4 Å². The van der Waals surface area contributed by atoms with E-state index < -0.39 is 65.6 Å². The molecule has 2 heterocycles. The number of piperidine rings is 1. The molecule has 2 aliphatic heterocycles. The molecule has 4 rings (SSSR count). The quantitative estimate of drug-likeness (QED) is 0.443. The number of rotatable bonds is 6. The van der Waals surface area contributed by atoms with Gasteiger partial charge in [0.15, 0.2) is 0 Å². The van der Waals surface area contributed by atoms with Crippen LogP contribution in [0.2, 0.25) is 0 Å². The predicted molar refractivity (Wildman–Crippen MR) is 111 cm³/mol. The summed E-state index contributed by atoms with van der Waals surface area (Å²) >= 11 is 0. The third-order valence-electron chi connectivity index (χ3n) is 5.84. The lowest BCUT2D eigenvalue weighted by atomic mass is 10.0. The number of imide groups is 1. The van der Waals surface area contributed by atoms with Crippen molar-refractivity contribution in [2.24, 2.45) is 0 Å². The number of benzene rings is 2. The van der Waals surface area contributed by atoms with Crippen molar-refractivity contribution >= 4 is 23.6 Å². The minimum atomic E-state index is -5.16. The van der Waals surface area contributed by atoms with Gasteiger partial charge in [-0.1, -0.05) is 12.1 Å². The number of hydrogen-bond donors (Lipinski definition) is 2. The molecule has 0 bridgehead atoms. The van der Waals surface area contributed by atoms with Crippen molar-refractivity contribution in [3.8, 4) is 5.75 Å². The molecule has 4 amide bonds. The number of hydrogen-bond acceptors (Lipinski definition) is 5. The van der Waals surface area contributed by atoms with Crippen molar-refractivity contribution in [3.05, 3.63) is 64.5 Å². The van der Waals surface area contributed by atoms with Crippen LogP contribution >= 0.6 is 0 Å². The first-order valence-corrected chi connectivity index (χ1v) is 10.7. The number of alkyl halides is 5. The fraction of sp³-hybridized carbons (Fsp3) is 0.304. The van der Waals surface area contributed by atoms with Gasteiger partial charge >= 0.3 is 12.3 Å². The summed E-state index contributed by atoms with van der Waals surface area (Å²) in [7, 11) is 0. The van der Waals surface area contributed by atoms with Gasteiger partial charge in [0, 0.05) is 31.1 Å². The number of ether oxygens (including phenoxy) is 1. The molecule has 2 aromatic carbocycles. The summed E-state index contributed by atoms with van der Waals surface area (Å²) in [6.07, 6.45) is -4.93. The van der Waals surface area contributed by atoms with E-state index in [4.69, 9.17) is 0 Å². The molecule has 1 fully saturated rings. The van der Waals surface area contributed by atoms with Gasteiger partial charge < -0.3 is 15.0 Å². The van der Waals surface area contributed by atoms with Gasteiger partial charge in [0.1, 0.15) is 17.6 Å². The maximum Gasteiger partial charge on any atom is 0.573 e. The Kier molecular flexibility index (Phi) is 6.60. The highest BCUT2D eigenvalue weighted by Crippen LogP contribution is 2.34. The molecule has 37 heavy (non-hydrogen) atoms. The number of amides is 4. The summed E-state index contributed by atoms with van der Waals surface area (Å²) in [6, 6.07) is 4.30. The molecule has 0 unspecified atom stereocenters. The van der Waals surface area contributed by atoms with Crippen molar-refractivity contribution in [2.45, 2.75) is 44.3 Å². The fourth-order valence-electron chi connectivity index (χ4n) is 4.10. The highest BCUT2D eigenvalue weighted by atomic mass is 19.4. The molecule has 2 N–H and O–H groups in total. The Labute approximate surface area is 204 Å². The van der Waals surface area contributed by atoms with E-state index in [1.54, 1.807) is 0 Å². The summed E-state index contributed by atoms with van der Waals surface area (Å²) in [5.41, 5.74) is -0.387. The van der Waals surface area contributed by atoms with Crippen molar-refractivity contribution < 1.29 is 50.3 Å². The molecule has 14 heteroatoms. The van der Waals surface area contributed by atoms with Crippen molar-refractivity contribution in [3.63, 3.8) is 0 Å². The summed E-state index contributed by atoms with van der Waals surface area (Å²) < 4.78 is 83.4. The molecule has 196 valence electrons. The van der Waals surface area contributed by atoms with Crippen LogP contribution in [0.3, 0.4) is 0 Å². The van der Waals surface area contributed by atoms with Gasteiger partial charge in [-0.25, -0.2) is 4.39 Å². The van der Waals surface area contributed by atoms with Gasteiger partial charge in [-0.05, 0) is 35.7 Å². The second kappa shape index (κ2) is 9.41. The second-order valence-corrected chi connectivity index (χ2v) is 8.34. The zero-order chi connectivity index (χ0) is 27.1. The molecule has 0 aliphatic carbocycles. The minimum absolute atomic E-state index is 0.0238. The van der Waals surface area contributed by atoms with Crippen LogP contribution in [-0.4, -0.2) is 40.9 Å². The van der Waals surface area contributed by atoms with Crippen LogP contribution in [0.1, 0.15) is 39.9 Å². The zero-order valence-corrected chi connectivity index (χ0v) is 18.6. The SMILES string of the molecule is O=C1CC[C@@H](N2Cc3cc(CNC(=O)C(F)(F)c4ccc(OC(F)(F)F)cc4F)ccc3C2=O)C(=O)N1. The molecular weight excluding hydrogens is 512 g/mol. The summed E-state index contributed by atoms with van der Waals surface area (Å²) in [4.78, 5) is 49.6. The summed E-state index contributed by atoms with van der Waals surface area (Å²) in [5, 5.41) is 4.11. The van der Waals surface area contributed by atoms with Crippen molar-refractivity contribution in [1.29, 1.82) is 0 Å². The molecular formula is C23H17F6N3O5. The van der Waals surface area contributed by atoms with Gasteiger partial charge in [-0.2, -0.15) is 8.78 Å². The van der Waals surface area contributed by atoms with Gasteiger partial charge in [-0.15, -0.1) is 13.2 Å². The molecule has 1 atom stereocenters. The molecule has 0 saturated carbocycles. The van der Waals surface area contributed by atoms with E-state index in [1.807, 2.05) is 5.32 Å². The van der Waals surface area contributed by atoms with Gasteiger partial charge in [0.05, 0.1) is 5.56 Å². The van der Waals surface area contributed by atoms with Crippen LogP contribution < -0.4 is 15.4 Å². The van der Waals surface area contributed by atoms with Crippen LogP contribution in [0, 0.1) is 5.82 Å². The third kappa shape index (κ3) is 5.37. The van der Waals surface area contributed by atoms with Gasteiger partial charge in [-0.3, -0.25) is 24.5 Å². The number of fused-ring (bicyclic) bond motifs is 1. The standard InChI is InChI=1S/C23H17F6N3O5/c24-16-8-13(37-23(27,28)29)2-4-15(16)22(25,26)21(36)30-9-11-1-3-14-12(7-11)10-32(20(14)35)17-5-6-18(33)31-19(17)34/h1-4,7-8,17H,5-6,9-10H2,(H,30,36)(H,31,33,34)/t17-/m1/s1. The third-order valence-corrected chi connectivity index (χ3v) is 5.84. The Morgan fingerprint density at radius 1 is 1.08 bits per heavy atom. The summed E-state index contributed by atoms with van der Waals surface area (Å²) in [6.45, 7) is -0.416. The first-order valence-electron chi connectivity index (χ1n) is 10.7. The normalized spacial score (nSPS) is 17.9. The first-order chi connectivity index (χ1) is 17.3. The largest absolute Gasteiger partial charge is 0.573 e.